The summed E-state index contributed by atoms with van der Waals surface area (Å²) in [7, 11) is 0. The minimum atomic E-state index is -0.212. The number of benzene rings is 1. The number of nitriles is 1. The number of nitrogens with zero attached hydrogens (tertiary/aromatic N) is 1. The molecule has 0 aliphatic heterocycles. The average molecular weight is 347 g/mol. The monoisotopic (exact) mass is 345 g/mol. The number of carbonyl (C=O) groups excluding carboxylic acids is 1. The molecule has 16 heavy (non-hydrogen) atoms. The van der Waals surface area contributed by atoms with Gasteiger partial charge in [0.05, 0.1) is 12.6 Å². The highest BCUT2D eigenvalue weighted by atomic mass is 79.9. The first-order valence-corrected chi connectivity index (χ1v) is 6.04. The molecule has 84 valence electrons. The van der Waals surface area contributed by atoms with Gasteiger partial charge in [0.1, 0.15) is 6.54 Å². The van der Waals surface area contributed by atoms with Gasteiger partial charge >= 0.3 is 0 Å². The maximum Gasteiger partial charge on any atom is 0.240 e. The molecule has 0 saturated carbocycles. The van der Waals surface area contributed by atoms with Crippen LogP contribution in [-0.2, 0) is 4.79 Å². The summed E-state index contributed by atoms with van der Waals surface area (Å²) in [5.74, 6) is -0.212. The Bertz CT molecular complexity index is 429. The molecule has 0 saturated heterocycles. The molecule has 1 rings (SSSR count). The van der Waals surface area contributed by atoms with Gasteiger partial charge in [0.25, 0.3) is 0 Å². The summed E-state index contributed by atoms with van der Waals surface area (Å²) in [5, 5.41) is 13.7. The quantitative estimate of drug-likeness (QED) is 0.822. The molecule has 0 aromatic heterocycles. The Morgan fingerprint density at radius 3 is 2.81 bits per heavy atom. The number of hydrogen-bond donors (Lipinski definition) is 2. The summed E-state index contributed by atoms with van der Waals surface area (Å²) < 4.78 is 1.83. The van der Waals surface area contributed by atoms with E-state index in [-0.39, 0.29) is 19.0 Å². The van der Waals surface area contributed by atoms with Crippen LogP contribution in [0.25, 0.3) is 0 Å². The second-order valence-corrected chi connectivity index (χ2v) is 4.68. The van der Waals surface area contributed by atoms with E-state index < -0.39 is 0 Å². The van der Waals surface area contributed by atoms with Crippen molar-refractivity contribution in [3.63, 3.8) is 0 Å². The fraction of sp³-hybridized carbons (Fsp3) is 0.200. The van der Waals surface area contributed by atoms with Crippen molar-refractivity contribution < 1.29 is 4.79 Å². The van der Waals surface area contributed by atoms with E-state index in [4.69, 9.17) is 5.26 Å². The summed E-state index contributed by atoms with van der Waals surface area (Å²) in [6.07, 6.45) is 0. The van der Waals surface area contributed by atoms with Gasteiger partial charge in [-0.1, -0.05) is 15.9 Å². The van der Waals surface area contributed by atoms with Gasteiger partial charge in [0, 0.05) is 14.6 Å². The van der Waals surface area contributed by atoms with Crippen molar-refractivity contribution in [2.45, 2.75) is 0 Å². The molecular formula is C10H9Br2N3O. The van der Waals surface area contributed by atoms with E-state index in [0.717, 1.165) is 14.6 Å². The molecule has 1 amide bonds. The van der Waals surface area contributed by atoms with Crippen molar-refractivity contribution in [3.05, 3.63) is 27.1 Å². The van der Waals surface area contributed by atoms with Gasteiger partial charge < -0.3 is 10.6 Å². The van der Waals surface area contributed by atoms with E-state index in [2.05, 4.69) is 42.5 Å². The smallest absolute Gasteiger partial charge is 0.240 e. The highest BCUT2D eigenvalue weighted by Gasteiger charge is 2.03. The van der Waals surface area contributed by atoms with E-state index in [1.807, 2.05) is 24.3 Å². The van der Waals surface area contributed by atoms with Crippen LogP contribution in [0.15, 0.2) is 27.1 Å². The lowest BCUT2D eigenvalue weighted by atomic mass is 10.3. The fourth-order valence-electron chi connectivity index (χ4n) is 1.01. The summed E-state index contributed by atoms with van der Waals surface area (Å²) in [4.78, 5) is 11.2. The summed E-state index contributed by atoms with van der Waals surface area (Å²) >= 11 is 6.71. The van der Waals surface area contributed by atoms with E-state index in [1.54, 1.807) is 0 Å². The lowest BCUT2D eigenvalue weighted by Gasteiger charge is -2.08. The Morgan fingerprint density at radius 1 is 1.44 bits per heavy atom. The third kappa shape index (κ3) is 4.21. The van der Waals surface area contributed by atoms with E-state index in [1.165, 1.54) is 0 Å². The van der Waals surface area contributed by atoms with Gasteiger partial charge in [-0.15, -0.1) is 0 Å². The van der Waals surface area contributed by atoms with Gasteiger partial charge in [-0.25, -0.2) is 0 Å². The Morgan fingerprint density at radius 2 is 2.19 bits per heavy atom. The maximum atomic E-state index is 11.2. The summed E-state index contributed by atoms with van der Waals surface area (Å²) in [6.45, 7) is 0.171. The van der Waals surface area contributed by atoms with Gasteiger partial charge in [-0.05, 0) is 34.1 Å². The van der Waals surface area contributed by atoms with E-state index in [0.29, 0.717) is 0 Å². The highest BCUT2D eigenvalue weighted by Crippen LogP contribution is 2.25. The van der Waals surface area contributed by atoms with Crippen LogP contribution < -0.4 is 10.6 Å². The molecule has 1 aromatic rings. The van der Waals surface area contributed by atoms with Crippen LogP contribution in [0, 0.1) is 11.3 Å². The van der Waals surface area contributed by atoms with Crippen molar-refractivity contribution in [3.8, 4) is 6.07 Å². The molecule has 0 atom stereocenters. The second kappa shape index (κ2) is 6.51. The first kappa shape index (κ1) is 13.0. The molecule has 0 bridgehead atoms. The zero-order valence-corrected chi connectivity index (χ0v) is 11.4. The molecular weight excluding hydrogens is 338 g/mol. The topological polar surface area (TPSA) is 64.9 Å². The molecule has 0 radical (unpaired) electrons. The molecule has 2 N–H and O–H groups in total. The summed E-state index contributed by atoms with van der Waals surface area (Å²) in [5.41, 5.74) is 0.829. The van der Waals surface area contributed by atoms with Gasteiger partial charge in [0.15, 0.2) is 0 Å². The van der Waals surface area contributed by atoms with Crippen molar-refractivity contribution in [2.24, 2.45) is 0 Å². The van der Waals surface area contributed by atoms with Crippen LogP contribution in [0.3, 0.4) is 0 Å². The summed E-state index contributed by atoms with van der Waals surface area (Å²) in [6, 6.07) is 7.45. The molecule has 0 unspecified atom stereocenters. The van der Waals surface area contributed by atoms with E-state index in [9.17, 15) is 4.79 Å². The lowest BCUT2D eigenvalue weighted by molar-refractivity contribution is -0.119. The van der Waals surface area contributed by atoms with Crippen LogP contribution in [0.1, 0.15) is 0 Å². The Kier molecular flexibility index (Phi) is 5.29. The zero-order valence-electron chi connectivity index (χ0n) is 8.26. The third-order valence-electron chi connectivity index (χ3n) is 1.74. The minimum absolute atomic E-state index is 0.0298. The van der Waals surface area contributed by atoms with Crippen LogP contribution in [0.2, 0.25) is 0 Å². The van der Waals surface area contributed by atoms with Gasteiger partial charge in [0.2, 0.25) is 5.91 Å². The number of hydrogen-bond acceptors (Lipinski definition) is 3. The molecule has 0 spiro atoms. The first-order chi connectivity index (χ1) is 7.63. The molecule has 1 aromatic carbocycles. The minimum Gasteiger partial charge on any atom is -0.375 e. The second-order valence-electron chi connectivity index (χ2n) is 2.91. The number of rotatable bonds is 4. The van der Waals surface area contributed by atoms with Crippen molar-refractivity contribution >= 4 is 43.5 Å². The lowest BCUT2D eigenvalue weighted by Crippen LogP contribution is -2.30. The zero-order chi connectivity index (χ0) is 12.0. The van der Waals surface area contributed by atoms with Gasteiger partial charge in [-0.2, -0.15) is 5.26 Å². The SMILES string of the molecule is N#CCNC(=O)CNc1ccc(Br)cc1Br. The number of halogens is 2. The molecule has 4 nitrogen and oxygen atoms in total. The Balaban J connectivity index is 2.49. The fourth-order valence-corrected chi connectivity index (χ4v) is 2.20. The number of nitrogens with one attached hydrogen (secondary N) is 2. The molecule has 0 heterocycles. The van der Waals surface area contributed by atoms with Crippen molar-refractivity contribution in [1.29, 1.82) is 5.26 Å². The molecule has 0 aliphatic rings. The van der Waals surface area contributed by atoms with Crippen LogP contribution >= 0.6 is 31.9 Å². The average Bonchev–Trinajstić information content (AvgIpc) is 2.25. The number of amides is 1. The van der Waals surface area contributed by atoms with Gasteiger partial charge in [-0.3, -0.25) is 4.79 Å². The highest BCUT2D eigenvalue weighted by molar-refractivity contribution is 9.11. The Hall–Kier alpha value is -1.06. The van der Waals surface area contributed by atoms with Crippen molar-refractivity contribution in [2.75, 3.05) is 18.4 Å². The van der Waals surface area contributed by atoms with Crippen molar-refractivity contribution in [1.82, 2.24) is 5.32 Å². The largest absolute Gasteiger partial charge is 0.375 e. The molecule has 0 fully saturated rings. The van der Waals surface area contributed by atoms with Crippen LogP contribution in [-0.4, -0.2) is 19.0 Å². The Labute approximate surface area is 110 Å². The predicted octanol–water partition coefficient (Wildman–Crippen LogP) is 2.26. The van der Waals surface area contributed by atoms with E-state index >= 15 is 0 Å². The number of anilines is 1. The predicted molar refractivity (Wildman–Crippen MR) is 69.0 cm³/mol. The molecule has 0 aliphatic carbocycles. The first-order valence-electron chi connectivity index (χ1n) is 4.46. The maximum absolute atomic E-state index is 11.2. The standard InChI is InChI=1S/C10H9Br2N3O/c11-7-1-2-9(8(12)5-7)15-6-10(16)14-4-3-13/h1-2,5,15H,4,6H2,(H,14,16). The number of carbonyl (C=O) groups is 1. The normalized spacial score (nSPS) is 9.31. The third-order valence-corrected chi connectivity index (χ3v) is 2.88. The van der Waals surface area contributed by atoms with Crippen LogP contribution in [0.4, 0.5) is 5.69 Å². The molecule has 6 heteroatoms. The van der Waals surface area contributed by atoms with Crippen LogP contribution in [0.5, 0.6) is 0 Å².